The van der Waals surface area contributed by atoms with Crippen molar-refractivity contribution in [1.82, 2.24) is 4.90 Å². The summed E-state index contributed by atoms with van der Waals surface area (Å²) in [6, 6.07) is 2.22. The molecule has 1 heterocycles. The quantitative estimate of drug-likeness (QED) is 0.870. The van der Waals surface area contributed by atoms with Crippen LogP contribution in [-0.2, 0) is 0 Å². The van der Waals surface area contributed by atoms with Crippen LogP contribution in [0, 0.1) is 17.6 Å². The lowest BCUT2D eigenvalue weighted by Crippen LogP contribution is -2.41. The molecular formula is C14H18BrClF2N2O. The topological polar surface area (TPSA) is 46.3 Å². The van der Waals surface area contributed by atoms with Gasteiger partial charge in [-0.3, -0.25) is 4.79 Å². The molecule has 2 N–H and O–H groups in total. The standard InChI is InChI=1S/C14H17BrF2N2O.ClH/c15-10-6-11(16)13(12(17)7-10)14(20)19-5-1-2-9(8-19)3-4-18;/h6-7,9H,1-5,8,18H2;1H. The Morgan fingerprint density at radius 1 is 1.38 bits per heavy atom. The number of benzene rings is 1. The van der Waals surface area contributed by atoms with Crippen molar-refractivity contribution in [2.24, 2.45) is 11.7 Å². The lowest BCUT2D eigenvalue weighted by molar-refractivity contribution is 0.0659. The molecule has 0 spiro atoms. The Hall–Kier alpha value is -0.720. The predicted octanol–water partition coefficient (Wildman–Crippen LogP) is 3.35. The summed E-state index contributed by atoms with van der Waals surface area (Å²) >= 11 is 3.00. The molecule has 1 amide bonds. The summed E-state index contributed by atoms with van der Waals surface area (Å²) in [6.07, 6.45) is 2.68. The highest BCUT2D eigenvalue weighted by Gasteiger charge is 2.28. The van der Waals surface area contributed by atoms with E-state index in [9.17, 15) is 13.6 Å². The summed E-state index contributed by atoms with van der Waals surface area (Å²) in [6.45, 7) is 1.62. The Kier molecular flexibility index (Phi) is 7.03. The second kappa shape index (κ2) is 8.06. The summed E-state index contributed by atoms with van der Waals surface area (Å²) in [7, 11) is 0. The normalized spacial score (nSPS) is 18.3. The van der Waals surface area contributed by atoms with Crippen LogP contribution in [0.1, 0.15) is 29.6 Å². The molecule has 1 aromatic rings. The molecule has 1 aliphatic rings. The molecule has 118 valence electrons. The van der Waals surface area contributed by atoms with Crippen LogP contribution in [0.15, 0.2) is 16.6 Å². The number of carbonyl (C=O) groups is 1. The molecule has 1 atom stereocenters. The van der Waals surface area contributed by atoms with Gasteiger partial charge in [0.05, 0.1) is 0 Å². The molecule has 1 saturated heterocycles. The number of rotatable bonds is 3. The van der Waals surface area contributed by atoms with E-state index in [1.165, 1.54) is 4.90 Å². The number of likely N-dealkylation sites (tertiary alicyclic amines) is 1. The smallest absolute Gasteiger partial charge is 0.259 e. The predicted molar refractivity (Wildman–Crippen MR) is 83.6 cm³/mol. The van der Waals surface area contributed by atoms with Crippen LogP contribution < -0.4 is 5.73 Å². The average Bonchev–Trinajstić information content (AvgIpc) is 2.38. The summed E-state index contributed by atoms with van der Waals surface area (Å²) in [4.78, 5) is 13.8. The number of nitrogens with zero attached hydrogens (tertiary/aromatic N) is 1. The van der Waals surface area contributed by atoms with E-state index in [2.05, 4.69) is 15.9 Å². The highest BCUT2D eigenvalue weighted by molar-refractivity contribution is 9.10. The van der Waals surface area contributed by atoms with E-state index in [1.807, 2.05) is 0 Å². The van der Waals surface area contributed by atoms with Gasteiger partial charge in [0.15, 0.2) is 0 Å². The van der Waals surface area contributed by atoms with E-state index in [-0.39, 0.29) is 16.9 Å². The minimum absolute atomic E-state index is 0. The molecule has 0 bridgehead atoms. The molecule has 2 rings (SSSR count). The third-order valence-corrected chi connectivity index (χ3v) is 4.06. The molecule has 1 aliphatic heterocycles. The van der Waals surface area contributed by atoms with Crippen LogP contribution in [0.4, 0.5) is 8.78 Å². The van der Waals surface area contributed by atoms with Gasteiger partial charge in [-0.05, 0) is 43.9 Å². The fourth-order valence-electron chi connectivity index (χ4n) is 2.63. The van der Waals surface area contributed by atoms with E-state index in [0.717, 1.165) is 31.4 Å². The van der Waals surface area contributed by atoms with Crippen molar-refractivity contribution in [3.05, 3.63) is 33.8 Å². The van der Waals surface area contributed by atoms with Crippen molar-refractivity contribution in [2.45, 2.75) is 19.3 Å². The number of nitrogens with two attached hydrogens (primary N) is 1. The maximum Gasteiger partial charge on any atom is 0.259 e. The van der Waals surface area contributed by atoms with Gasteiger partial charge in [0, 0.05) is 17.6 Å². The SMILES string of the molecule is Cl.NCCC1CCCN(C(=O)c2c(F)cc(Br)cc2F)C1. The van der Waals surface area contributed by atoms with Gasteiger partial charge >= 0.3 is 0 Å². The number of hydrogen-bond acceptors (Lipinski definition) is 2. The first-order chi connectivity index (χ1) is 9.52. The van der Waals surface area contributed by atoms with E-state index >= 15 is 0 Å². The van der Waals surface area contributed by atoms with Crippen molar-refractivity contribution in [2.75, 3.05) is 19.6 Å². The van der Waals surface area contributed by atoms with Crippen LogP contribution in [-0.4, -0.2) is 30.4 Å². The van der Waals surface area contributed by atoms with Crippen molar-refractivity contribution in [3.8, 4) is 0 Å². The lowest BCUT2D eigenvalue weighted by atomic mass is 9.94. The van der Waals surface area contributed by atoms with Crippen molar-refractivity contribution >= 4 is 34.2 Å². The van der Waals surface area contributed by atoms with E-state index in [0.29, 0.717) is 25.6 Å². The van der Waals surface area contributed by atoms with Crippen molar-refractivity contribution < 1.29 is 13.6 Å². The highest BCUT2D eigenvalue weighted by atomic mass is 79.9. The minimum Gasteiger partial charge on any atom is -0.338 e. The van der Waals surface area contributed by atoms with Gasteiger partial charge in [0.2, 0.25) is 0 Å². The first-order valence-electron chi connectivity index (χ1n) is 6.66. The Morgan fingerprint density at radius 3 is 2.57 bits per heavy atom. The van der Waals surface area contributed by atoms with Crippen LogP contribution in [0.25, 0.3) is 0 Å². The fraction of sp³-hybridized carbons (Fsp3) is 0.500. The highest BCUT2D eigenvalue weighted by Crippen LogP contribution is 2.24. The minimum atomic E-state index is -0.831. The second-order valence-electron chi connectivity index (χ2n) is 5.08. The Balaban J connectivity index is 0.00000220. The first kappa shape index (κ1) is 18.3. The summed E-state index contributed by atoms with van der Waals surface area (Å²) < 4.78 is 27.9. The maximum absolute atomic E-state index is 13.8. The van der Waals surface area contributed by atoms with E-state index < -0.39 is 23.1 Å². The molecule has 3 nitrogen and oxygen atoms in total. The number of piperidine rings is 1. The third-order valence-electron chi connectivity index (χ3n) is 3.60. The number of carbonyl (C=O) groups excluding carboxylic acids is 1. The molecule has 0 aliphatic carbocycles. The average molecular weight is 384 g/mol. The molecule has 0 radical (unpaired) electrons. The molecule has 0 aromatic heterocycles. The third kappa shape index (κ3) is 4.37. The van der Waals surface area contributed by atoms with Gasteiger partial charge in [-0.2, -0.15) is 0 Å². The van der Waals surface area contributed by atoms with Gasteiger partial charge in [-0.25, -0.2) is 8.78 Å². The molecule has 1 aromatic carbocycles. The molecule has 0 saturated carbocycles. The molecule has 1 unspecified atom stereocenters. The lowest BCUT2D eigenvalue weighted by Gasteiger charge is -2.32. The van der Waals surface area contributed by atoms with Gasteiger partial charge in [0.1, 0.15) is 17.2 Å². The van der Waals surface area contributed by atoms with Crippen LogP contribution in [0.5, 0.6) is 0 Å². The molecule has 21 heavy (non-hydrogen) atoms. The van der Waals surface area contributed by atoms with Crippen molar-refractivity contribution in [1.29, 1.82) is 0 Å². The van der Waals surface area contributed by atoms with Crippen molar-refractivity contribution in [3.63, 3.8) is 0 Å². The molecule has 7 heteroatoms. The Labute approximate surface area is 137 Å². The van der Waals surface area contributed by atoms with Gasteiger partial charge < -0.3 is 10.6 Å². The van der Waals surface area contributed by atoms with E-state index in [1.54, 1.807) is 0 Å². The zero-order valence-corrected chi connectivity index (χ0v) is 13.9. The Bertz CT molecular complexity index is 491. The first-order valence-corrected chi connectivity index (χ1v) is 7.46. The summed E-state index contributed by atoms with van der Waals surface area (Å²) in [5, 5.41) is 0. The van der Waals surface area contributed by atoms with Gasteiger partial charge in [0.25, 0.3) is 5.91 Å². The number of amides is 1. The maximum atomic E-state index is 13.8. The number of halogens is 4. The zero-order chi connectivity index (χ0) is 14.7. The van der Waals surface area contributed by atoms with Gasteiger partial charge in [-0.15, -0.1) is 12.4 Å². The fourth-order valence-corrected chi connectivity index (χ4v) is 3.03. The number of hydrogen-bond donors (Lipinski definition) is 1. The molecular weight excluding hydrogens is 366 g/mol. The van der Waals surface area contributed by atoms with Gasteiger partial charge in [-0.1, -0.05) is 15.9 Å². The second-order valence-corrected chi connectivity index (χ2v) is 6.00. The molecule has 1 fully saturated rings. The van der Waals surface area contributed by atoms with Crippen LogP contribution in [0.3, 0.4) is 0 Å². The monoisotopic (exact) mass is 382 g/mol. The summed E-state index contributed by atoms with van der Waals surface area (Å²) in [5.41, 5.74) is 5.06. The van der Waals surface area contributed by atoms with Crippen LogP contribution in [0.2, 0.25) is 0 Å². The summed E-state index contributed by atoms with van der Waals surface area (Å²) in [5.74, 6) is -1.92. The Morgan fingerprint density at radius 2 is 2.00 bits per heavy atom. The van der Waals surface area contributed by atoms with E-state index in [4.69, 9.17) is 5.73 Å². The van der Waals surface area contributed by atoms with Crippen LogP contribution >= 0.6 is 28.3 Å². The zero-order valence-electron chi connectivity index (χ0n) is 11.4. The largest absolute Gasteiger partial charge is 0.338 e.